The van der Waals surface area contributed by atoms with Gasteiger partial charge in [-0.2, -0.15) is 0 Å². The van der Waals surface area contributed by atoms with Gasteiger partial charge < -0.3 is 5.32 Å². The van der Waals surface area contributed by atoms with Gasteiger partial charge in [-0.3, -0.25) is 9.69 Å². The molecule has 0 bridgehead atoms. The highest BCUT2D eigenvalue weighted by Gasteiger charge is 2.17. The van der Waals surface area contributed by atoms with E-state index in [1.54, 1.807) is 0 Å². The Hall–Kier alpha value is -1.84. The van der Waals surface area contributed by atoms with Crippen molar-refractivity contribution < 1.29 is 4.79 Å². The number of rotatable bonds is 5. The summed E-state index contributed by atoms with van der Waals surface area (Å²) in [7, 11) is 0. The number of carbonyl (C=O) groups excluding carboxylic acids is 1. The van der Waals surface area contributed by atoms with Gasteiger partial charge >= 0.3 is 0 Å². The highest BCUT2D eigenvalue weighted by Crippen LogP contribution is 2.17. The monoisotopic (exact) mass is 328 g/mol. The Labute approximate surface area is 142 Å². The molecule has 1 heterocycles. The van der Waals surface area contributed by atoms with Gasteiger partial charge in [0, 0.05) is 24.7 Å². The van der Waals surface area contributed by atoms with E-state index in [9.17, 15) is 4.79 Å². The maximum atomic E-state index is 12.1. The molecule has 0 saturated heterocycles. The molecule has 0 unspecified atom stereocenters. The first kappa shape index (κ1) is 16.0. The number of carbonyl (C=O) groups is 1. The molecule has 0 radical (unpaired) electrons. The van der Waals surface area contributed by atoms with E-state index in [0.717, 1.165) is 31.0 Å². The van der Waals surface area contributed by atoms with Crippen LogP contribution in [0.15, 0.2) is 48.5 Å². The fraction of sp³-hybridized carbons (Fsp3) is 0.316. The van der Waals surface area contributed by atoms with Crippen molar-refractivity contribution in [3.05, 3.63) is 70.2 Å². The molecule has 3 nitrogen and oxygen atoms in total. The number of hydrogen-bond donors (Lipinski definition) is 1. The molecule has 1 aliphatic rings. The van der Waals surface area contributed by atoms with Crippen LogP contribution in [0.1, 0.15) is 16.7 Å². The number of amides is 1. The maximum Gasteiger partial charge on any atom is 0.234 e. The van der Waals surface area contributed by atoms with E-state index in [1.165, 1.54) is 16.7 Å². The Morgan fingerprint density at radius 2 is 1.83 bits per heavy atom. The molecule has 2 aromatic carbocycles. The van der Waals surface area contributed by atoms with Crippen LogP contribution in [0.5, 0.6) is 0 Å². The predicted molar refractivity (Wildman–Crippen MR) is 93.6 cm³/mol. The highest BCUT2D eigenvalue weighted by atomic mass is 35.5. The molecule has 1 N–H and O–H groups in total. The third kappa shape index (κ3) is 4.57. The van der Waals surface area contributed by atoms with E-state index in [1.807, 2.05) is 24.3 Å². The first-order valence-corrected chi connectivity index (χ1v) is 8.39. The second kappa shape index (κ2) is 7.62. The molecule has 120 valence electrons. The zero-order chi connectivity index (χ0) is 16.1. The largest absolute Gasteiger partial charge is 0.355 e. The van der Waals surface area contributed by atoms with E-state index in [0.29, 0.717) is 13.1 Å². The van der Waals surface area contributed by atoms with Crippen LogP contribution in [0.2, 0.25) is 5.02 Å². The van der Waals surface area contributed by atoms with Crippen molar-refractivity contribution in [1.29, 1.82) is 0 Å². The average Bonchev–Trinajstić information content (AvgIpc) is 2.56. The van der Waals surface area contributed by atoms with Crippen molar-refractivity contribution in [1.82, 2.24) is 10.2 Å². The van der Waals surface area contributed by atoms with Crippen LogP contribution in [0, 0.1) is 0 Å². The normalized spacial score (nSPS) is 14.3. The zero-order valence-electron chi connectivity index (χ0n) is 13.1. The highest BCUT2D eigenvalue weighted by molar-refractivity contribution is 6.30. The van der Waals surface area contributed by atoms with Crippen molar-refractivity contribution in [2.45, 2.75) is 19.4 Å². The molecule has 4 heteroatoms. The van der Waals surface area contributed by atoms with E-state index in [-0.39, 0.29) is 5.91 Å². The molecule has 2 aromatic rings. The van der Waals surface area contributed by atoms with Crippen LogP contribution in [-0.2, 0) is 24.2 Å². The summed E-state index contributed by atoms with van der Waals surface area (Å²) in [6.45, 7) is 2.93. The second-order valence-corrected chi connectivity index (χ2v) is 6.39. The number of nitrogens with zero attached hydrogens (tertiary/aromatic N) is 1. The minimum Gasteiger partial charge on any atom is -0.355 e. The van der Waals surface area contributed by atoms with Crippen LogP contribution in [0.25, 0.3) is 0 Å². The molecule has 0 aliphatic carbocycles. The summed E-state index contributed by atoms with van der Waals surface area (Å²) in [5, 5.41) is 3.74. The lowest BCUT2D eigenvalue weighted by molar-refractivity contribution is -0.122. The third-order valence-electron chi connectivity index (χ3n) is 4.23. The van der Waals surface area contributed by atoms with Crippen LogP contribution in [-0.4, -0.2) is 30.4 Å². The zero-order valence-corrected chi connectivity index (χ0v) is 13.9. The number of nitrogens with one attached hydrogen (secondary N) is 1. The van der Waals surface area contributed by atoms with E-state index in [2.05, 4.69) is 34.5 Å². The topological polar surface area (TPSA) is 32.3 Å². The standard InChI is InChI=1S/C19H21ClN2O/c20-18-7-5-15(6-8-18)9-11-21-19(23)14-22-12-10-16-3-1-2-4-17(16)13-22/h1-8H,9-14H2,(H,21,23). The van der Waals surface area contributed by atoms with E-state index >= 15 is 0 Å². The first-order chi connectivity index (χ1) is 11.2. The Morgan fingerprint density at radius 3 is 2.61 bits per heavy atom. The smallest absolute Gasteiger partial charge is 0.234 e. The summed E-state index contributed by atoms with van der Waals surface area (Å²) < 4.78 is 0. The van der Waals surface area contributed by atoms with Gasteiger partial charge in [-0.15, -0.1) is 0 Å². The second-order valence-electron chi connectivity index (χ2n) is 5.96. The molecule has 0 fully saturated rings. The fourth-order valence-corrected chi connectivity index (χ4v) is 3.07. The molecule has 0 aromatic heterocycles. The van der Waals surface area contributed by atoms with Crippen molar-refractivity contribution in [3.8, 4) is 0 Å². The number of fused-ring (bicyclic) bond motifs is 1. The van der Waals surface area contributed by atoms with Gasteiger partial charge in [-0.1, -0.05) is 48.0 Å². The Kier molecular flexibility index (Phi) is 5.31. The van der Waals surface area contributed by atoms with Gasteiger partial charge in [0.2, 0.25) is 5.91 Å². The summed E-state index contributed by atoms with van der Waals surface area (Å²) in [5.74, 6) is 0.0957. The van der Waals surface area contributed by atoms with Gasteiger partial charge in [-0.25, -0.2) is 0 Å². The molecular weight excluding hydrogens is 308 g/mol. The van der Waals surface area contributed by atoms with Crippen LogP contribution >= 0.6 is 11.6 Å². The molecule has 0 saturated carbocycles. The van der Waals surface area contributed by atoms with E-state index in [4.69, 9.17) is 11.6 Å². The van der Waals surface area contributed by atoms with Crippen molar-refractivity contribution >= 4 is 17.5 Å². The van der Waals surface area contributed by atoms with Crippen LogP contribution in [0.4, 0.5) is 0 Å². The summed E-state index contributed by atoms with van der Waals surface area (Å²) in [6.07, 6.45) is 1.85. The maximum absolute atomic E-state index is 12.1. The molecule has 0 spiro atoms. The lowest BCUT2D eigenvalue weighted by Gasteiger charge is -2.28. The van der Waals surface area contributed by atoms with Crippen molar-refractivity contribution in [3.63, 3.8) is 0 Å². The minimum atomic E-state index is 0.0957. The summed E-state index contributed by atoms with van der Waals surface area (Å²) in [4.78, 5) is 14.3. The molecule has 23 heavy (non-hydrogen) atoms. The predicted octanol–water partition coefficient (Wildman–Crippen LogP) is 3.06. The first-order valence-electron chi connectivity index (χ1n) is 8.01. The number of hydrogen-bond acceptors (Lipinski definition) is 2. The van der Waals surface area contributed by atoms with Gasteiger partial charge in [0.1, 0.15) is 0 Å². The lowest BCUT2D eigenvalue weighted by Crippen LogP contribution is -2.40. The Morgan fingerprint density at radius 1 is 1.09 bits per heavy atom. The number of halogens is 1. The molecule has 3 rings (SSSR count). The molecule has 1 aliphatic heterocycles. The summed E-state index contributed by atoms with van der Waals surface area (Å²) >= 11 is 5.87. The fourth-order valence-electron chi connectivity index (χ4n) is 2.95. The molecule has 1 amide bonds. The SMILES string of the molecule is O=C(CN1CCc2ccccc2C1)NCCc1ccc(Cl)cc1. The van der Waals surface area contributed by atoms with Crippen LogP contribution < -0.4 is 5.32 Å². The van der Waals surface area contributed by atoms with Crippen LogP contribution in [0.3, 0.4) is 0 Å². The molecule has 0 atom stereocenters. The van der Waals surface area contributed by atoms with E-state index < -0.39 is 0 Å². The minimum absolute atomic E-state index is 0.0957. The lowest BCUT2D eigenvalue weighted by atomic mass is 10.00. The summed E-state index contributed by atoms with van der Waals surface area (Å²) in [5.41, 5.74) is 3.93. The van der Waals surface area contributed by atoms with Gasteiger partial charge in [0.05, 0.1) is 6.54 Å². The average molecular weight is 329 g/mol. The van der Waals surface area contributed by atoms with Crippen molar-refractivity contribution in [2.75, 3.05) is 19.6 Å². The number of benzene rings is 2. The Balaban J connectivity index is 1.42. The quantitative estimate of drug-likeness (QED) is 0.915. The van der Waals surface area contributed by atoms with Gasteiger partial charge in [0.15, 0.2) is 0 Å². The van der Waals surface area contributed by atoms with Crippen molar-refractivity contribution in [2.24, 2.45) is 0 Å². The Bertz CT molecular complexity index is 669. The molecular formula is C19H21ClN2O. The van der Waals surface area contributed by atoms with Gasteiger partial charge in [-0.05, 0) is 41.7 Å². The summed E-state index contributed by atoms with van der Waals surface area (Å²) in [6, 6.07) is 16.2. The van der Waals surface area contributed by atoms with Gasteiger partial charge in [0.25, 0.3) is 0 Å². The third-order valence-corrected chi connectivity index (χ3v) is 4.48.